The van der Waals surface area contributed by atoms with Crippen molar-refractivity contribution in [1.29, 1.82) is 0 Å². The van der Waals surface area contributed by atoms with Gasteiger partial charge >= 0.3 is 5.97 Å². The topological polar surface area (TPSA) is 43.4 Å². The molecule has 0 aromatic carbocycles. The van der Waals surface area contributed by atoms with E-state index in [1.807, 2.05) is 27.7 Å². The minimum atomic E-state index is -0.605. The molecule has 0 bridgehead atoms. The highest BCUT2D eigenvalue weighted by molar-refractivity contribution is 8.00. The van der Waals surface area contributed by atoms with Crippen LogP contribution < -0.4 is 0 Å². The lowest BCUT2D eigenvalue weighted by Crippen LogP contribution is -2.32. The molecule has 0 spiro atoms. The molecule has 0 aliphatic carbocycles. The molecular formula is C12H22O3S. The number of Topliss-reactive ketones (excluding diaryl/α,β-unsaturated/α-hetero) is 1. The van der Waals surface area contributed by atoms with Crippen LogP contribution in [-0.4, -0.2) is 29.4 Å². The first-order valence-corrected chi connectivity index (χ1v) is 6.75. The fraction of sp³-hybridized carbons (Fsp3) is 0.833. The van der Waals surface area contributed by atoms with Crippen LogP contribution in [0.2, 0.25) is 0 Å². The zero-order chi connectivity index (χ0) is 12.7. The molecule has 0 aromatic heterocycles. The summed E-state index contributed by atoms with van der Waals surface area (Å²) in [6.45, 7) is 9.90. The molecule has 16 heavy (non-hydrogen) atoms. The van der Waals surface area contributed by atoms with Gasteiger partial charge in [0, 0.05) is 0 Å². The fourth-order valence-electron chi connectivity index (χ4n) is 1.35. The Bertz CT molecular complexity index is 236. The van der Waals surface area contributed by atoms with Crippen molar-refractivity contribution >= 4 is 23.5 Å². The van der Waals surface area contributed by atoms with Gasteiger partial charge in [0.1, 0.15) is 5.92 Å². The van der Waals surface area contributed by atoms with E-state index < -0.39 is 5.92 Å². The monoisotopic (exact) mass is 246 g/mol. The van der Waals surface area contributed by atoms with Crippen LogP contribution in [0.25, 0.3) is 0 Å². The summed E-state index contributed by atoms with van der Waals surface area (Å²) in [5, 5.41) is 0.402. The Morgan fingerprint density at radius 1 is 1.19 bits per heavy atom. The van der Waals surface area contributed by atoms with Crippen molar-refractivity contribution in [2.24, 2.45) is 11.8 Å². The number of ether oxygens (including phenoxy) is 1. The summed E-state index contributed by atoms with van der Waals surface area (Å²) in [4.78, 5) is 23.5. The molecule has 0 rings (SSSR count). The van der Waals surface area contributed by atoms with Crippen molar-refractivity contribution in [3.8, 4) is 0 Å². The van der Waals surface area contributed by atoms with Crippen molar-refractivity contribution in [2.75, 3.05) is 12.4 Å². The Morgan fingerprint density at radius 3 is 2.12 bits per heavy atom. The van der Waals surface area contributed by atoms with Crippen LogP contribution in [0, 0.1) is 11.8 Å². The highest BCUT2D eigenvalue weighted by atomic mass is 32.2. The molecule has 0 heterocycles. The van der Waals surface area contributed by atoms with Crippen LogP contribution in [-0.2, 0) is 14.3 Å². The number of carbonyl (C=O) groups excluding carboxylic acids is 2. The molecule has 0 aliphatic rings. The third kappa shape index (κ3) is 5.54. The number of hydrogen-bond acceptors (Lipinski definition) is 4. The summed E-state index contributed by atoms with van der Waals surface area (Å²) in [6, 6.07) is 0. The van der Waals surface area contributed by atoms with Crippen LogP contribution >= 0.6 is 11.8 Å². The van der Waals surface area contributed by atoms with Gasteiger partial charge in [-0.2, -0.15) is 11.8 Å². The average molecular weight is 246 g/mol. The molecule has 0 fully saturated rings. The summed E-state index contributed by atoms with van der Waals surface area (Å²) < 4.78 is 4.92. The van der Waals surface area contributed by atoms with Crippen LogP contribution in [0.15, 0.2) is 0 Å². The van der Waals surface area contributed by atoms with Gasteiger partial charge in [-0.15, -0.1) is 0 Å². The van der Waals surface area contributed by atoms with Gasteiger partial charge in [0.2, 0.25) is 0 Å². The van der Waals surface area contributed by atoms with E-state index in [1.165, 1.54) is 0 Å². The van der Waals surface area contributed by atoms with Crippen LogP contribution in [0.4, 0.5) is 0 Å². The van der Waals surface area contributed by atoms with Crippen LogP contribution in [0.5, 0.6) is 0 Å². The minimum Gasteiger partial charge on any atom is -0.465 e. The van der Waals surface area contributed by atoms with E-state index in [0.29, 0.717) is 17.6 Å². The molecule has 0 radical (unpaired) electrons. The summed E-state index contributed by atoms with van der Waals surface area (Å²) in [5.74, 6) is -0.621. The van der Waals surface area contributed by atoms with Gasteiger partial charge in [0.15, 0.2) is 5.78 Å². The summed E-state index contributed by atoms with van der Waals surface area (Å²) in [5.41, 5.74) is 0. The number of thioether (sulfide) groups is 1. The van der Waals surface area contributed by atoms with Crippen LogP contribution in [0.1, 0.15) is 34.6 Å². The SMILES string of the molecule is CCOC(=O)C(C(=O)CSC(C)C)C(C)C. The quantitative estimate of drug-likeness (QED) is 0.511. The molecule has 0 aromatic rings. The minimum absolute atomic E-state index is 0.000637. The second-order valence-electron chi connectivity index (χ2n) is 4.30. The van der Waals surface area contributed by atoms with Crippen molar-refractivity contribution < 1.29 is 14.3 Å². The van der Waals surface area contributed by atoms with Crippen molar-refractivity contribution in [1.82, 2.24) is 0 Å². The Morgan fingerprint density at radius 2 is 1.75 bits per heavy atom. The van der Waals surface area contributed by atoms with Gasteiger partial charge in [-0.25, -0.2) is 0 Å². The van der Waals surface area contributed by atoms with E-state index in [2.05, 4.69) is 0 Å². The lowest BCUT2D eigenvalue weighted by molar-refractivity contribution is -0.152. The maximum Gasteiger partial charge on any atom is 0.316 e. The third-order valence-electron chi connectivity index (χ3n) is 2.11. The normalized spacial score (nSPS) is 12.9. The summed E-state index contributed by atoms with van der Waals surface area (Å²) in [6.07, 6.45) is 0. The number of rotatable bonds is 7. The van der Waals surface area contributed by atoms with Gasteiger partial charge in [-0.3, -0.25) is 9.59 Å². The molecule has 94 valence electrons. The molecule has 0 amide bonds. The molecule has 1 atom stereocenters. The third-order valence-corrected chi connectivity index (χ3v) is 3.23. The largest absolute Gasteiger partial charge is 0.465 e. The highest BCUT2D eigenvalue weighted by Gasteiger charge is 2.30. The zero-order valence-corrected chi connectivity index (χ0v) is 11.6. The van der Waals surface area contributed by atoms with E-state index in [-0.39, 0.29) is 17.7 Å². The van der Waals surface area contributed by atoms with Crippen LogP contribution in [0.3, 0.4) is 0 Å². The first kappa shape index (κ1) is 15.5. The molecule has 3 nitrogen and oxygen atoms in total. The standard InChI is InChI=1S/C12H22O3S/c1-6-15-12(14)11(8(2)3)10(13)7-16-9(4)5/h8-9,11H,6-7H2,1-5H3. The lowest BCUT2D eigenvalue weighted by atomic mass is 9.92. The lowest BCUT2D eigenvalue weighted by Gasteiger charge is -2.18. The van der Waals surface area contributed by atoms with E-state index >= 15 is 0 Å². The van der Waals surface area contributed by atoms with Crippen molar-refractivity contribution in [3.05, 3.63) is 0 Å². The Labute approximate surface area is 102 Å². The second-order valence-corrected chi connectivity index (χ2v) is 5.86. The predicted octanol–water partition coefficient (Wildman–Crippen LogP) is 2.53. The maximum atomic E-state index is 11.9. The highest BCUT2D eigenvalue weighted by Crippen LogP contribution is 2.18. The van der Waals surface area contributed by atoms with Gasteiger partial charge in [0.25, 0.3) is 0 Å². The second kappa shape index (κ2) is 7.71. The molecule has 1 unspecified atom stereocenters. The van der Waals surface area contributed by atoms with E-state index in [1.54, 1.807) is 18.7 Å². The Kier molecular flexibility index (Phi) is 7.47. The number of esters is 1. The van der Waals surface area contributed by atoms with Gasteiger partial charge in [-0.05, 0) is 18.1 Å². The van der Waals surface area contributed by atoms with Gasteiger partial charge in [-0.1, -0.05) is 27.7 Å². The van der Waals surface area contributed by atoms with Gasteiger partial charge < -0.3 is 4.74 Å². The molecule has 0 saturated carbocycles. The summed E-state index contributed by atoms with van der Waals surface area (Å²) >= 11 is 1.56. The Balaban J connectivity index is 4.41. The van der Waals surface area contributed by atoms with Gasteiger partial charge in [0.05, 0.1) is 12.4 Å². The first-order chi connectivity index (χ1) is 7.40. The number of hydrogen-bond donors (Lipinski definition) is 0. The van der Waals surface area contributed by atoms with Crippen molar-refractivity contribution in [2.45, 2.75) is 39.9 Å². The maximum absolute atomic E-state index is 11.9. The van der Waals surface area contributed by atoms with E-state index in [0.717, 1.165) is 0 Å². The molecule has 0 aliphatic heterocycles. The molecule has 4 heteroatoms. The van der Waals surface area contributed by atoms with E-state index in [9.17, 15) is 9.59 Å². The molecule has 0 saturated heterocycles. The zero-order valence-electron chi connectivity index (χ0n) is 10.8. The number of ketones is 1. The Hall–Kier alpha value is -0.510. The smallest absolute Gasteiger partial charge is 0.316 e. The first-order valence-electron chi connectivity index (χ1n) is 5.71. The summed E-state index contributed by atoms with van der Waals surface area (Å²) in [7, 11) is 0. The number of carbonyl (C=O) groups is 2. The fourth-order valence-corrected chi connectivity index (χ4v) is 2.02. The molecular weight excluding hydrogens is 224 g/mol. The van der Waals surface area contributed by atoms with E-state index in [4.69, 9.17) is 4.74 Å². The average Bonchev–Trinajstić information content (AvgIpc) is 2.14. The predicted molar refractivity (Wildman–Crippen MR) is 67.6 cm³/mol. The van der Waals surface area contributed by atoms with Crippen molar-refractivity contribution in [3.63, 3.8) is 0 Å². The molecule has 0 N–H and O–H groups in total.